The van der Waals surface area contributed by atoms with Crippen LogP contribution in [0.2, 0.25) is 0 Å². The monoisotopic (exact) mass is 304 g/mol. The molecular weight excluding hydrogens is 284 g/mol. The Balaban J connectivity index is 2.33. The second-order valence-electron chi connectivity index (χ2n) is 4.63. The lowest BCUT2D eigenvalue weighted by molar-refractivity contribution is 0.0951. The molecule has 6 heteroatoms. The Morgan fingerprint density at radius 3 is 2.71 bits per heavy atom. The van der Waals surface area contributed by atoms with Gasteiger partial charge >= 0.3 is 0 Å². The van der Waals surface area contributed by atoms with Crippen LogP contribution >= 0.6 is 11.8 Å². The molecule has 1 aromatic heterocycles. The summed E-state index contributed by atoms with van der Waals surface area (Å²) < 4.78 is 1.61. The van der Waals surface area contributed by atoms with Crippen LogP contribution in [0.25, 0.3) is 5.69 Å². The van der Waals surface area contributed by atoms with Gasteiger partial charge in [0.25, 0.3) is 5.91 Å². The molecule has 0 unspecified atom stereocenters. The first-order valence-electron chi connectivity index (χ1n) is 6.95. The molecule has 1 aromatic carbocycles. The Morgan fingerprint density at radius 2 is 2.10 bits per heavy atom. The number of aromatic nitrogens is 2. The van der Waals surface area contributed by atoms with Crippen molar-refractivity contribution in [3.05, 3.63) is 35.9 Å². The van der Waals surface area contributed by atoms with E-state index in [9.17, 15) is 4.79 Å². The summed E-state index contributed by atoms with van der Waals surface area (Å²) in [6.07, 6.45) is 3.88. The van der Waals surface area contributed by atoms with Crippen LogP contribution in [0.1, 0.15) is 30.1 Å². The summed E-state index contributed by atoms with van der Waals surface area (Å²) in [5.74, 6) is 0.215. The summed E-state index contributed by atoms with van der Waals surface area (Å²) in [5, 5.41) is 7.98. The minimum absolute atomic E-state index is 0.160. The van der Waals surface area contributed by atoms with Gasteiger partial charge in [-0.1, -0.05) is 31.5 Å². The molecular formula is C15H20N4OS. The maximum Gasteiger partial charge on any atom is 0.257 e. The SMILES string of the molecule is CCCCNC(=O)c1c(SC)nn(-c2ccccc2)c1N. The highest BCUT2D eigenvalue weighted by molar-refractivity contribution is 7.98. The Labute approximate surface area is 128 Å². The molecule has 0 aliphatic rings. The third kappa shape index (κ3) is 3.39. The molecule has 0 aliphatic carbocycles. The van der Waals surface area contributed by atoms with Gasteiger partial charge in [0, 0.05) is 6.54 Å². The zero-order chi connectivity index (χ0) is 15.2. The van der Waals surface area contributed by atoms with Crippen LogP contribution < -0.4 is 11.1 Å². The first kappa shape index (κ1) is 15.4. The van der Waals surface area contributed by atoms with Gasteiger partial charge < -0.3 is 11.1 Å². The lowest BCUT2D eigenvalue weighted by atomic mass is 10.2. The van der Waals surface area contributed by atoms with E-state index in [0.717, 1.165) is 18.5 Å². The fourth-order valence-corrected chi connectivity index (χ4v) is 2.56. The van der Waals surface area contributed by atoms with Crippen LogP contribution in [0, 0.1) is 0 Å². The number of carbonyl (C=O) groups excluding carboxylic acids is 1. The maximum absolute atomic E-state index is 12.3. The second-order valence-corrected chi connectivity index (χ2v) is 5.42. The van der Waals surface area contributed by atoms with Crippen molar-refractivity contribution in [2.24, 2.45) is 0 Å². The lowest BCUT2D eigenvalue weighted by Crippen LogP contribution is -2.25. The summed E-state index contributed by atoms with van der Waals surface area (Å²) in [5.41, 5.74) is 7.45. The van der Waals surface area contributed by atoms with Crippen molar-refractivity contribution in [1.82, 2.24) is 15.1 Å². The number of hydrogen-bond donors (Lipinski definition) is 2. The Bertz CT molecular complexity index is 610. The fourth-order valence-electron chi connectivity index (χ4n) is 2.00. The Hall–Kier alpha value is -1.95. The van der Waals surface area contributed by atoms with E-state index in [4.69, 9.17) is 5.73 Å². The third-order valence-electron chi connectivity index (χ3n) is 3.13. The highest BCUT2D eigenvalue weighted by atomic mass is 32.2. The molecule has 2 rings (SSSR count). The predicted molar refractivity (Wildman–Crippen MR) is 87.0 cm³/mol. The first-order valence-corrected chi connectivity index (χ1v) is 8.17. The molecule has 2 aromatic rings. The van der Waals surface area contributed by atoms with Crippen LogP contribution in [0.15, 0.2) is 35.4 Å². The number of para-hydroxylation sites is 1. The lowest BCUT2D eigenvalue weighted by Gasteiger charge is -2.06. The number of unbranched alkanes of at least 4 members (excludes halogenated alkanes) is 1. The van der Waals surface area contributed by atoms with E-state index in [1.165, 1.54) is 11.8 Å². The number of anilines is 1. The zero-order valence-corrected chi connectivity index (χ0v) is 13.1. The van der Waals surface area contributed by atoms with Crippen LogP contribution in [0.4, 0.5) is 5.82 Å². The molecule has 1 heterocycles. The molecule has 0 bridgehead atoms. The van der Waals surface area contributed by atoms with Crippen molar-refractivity contribution in [3.8, 4) is 5.69 Å². The van der Waals surface area contributed by atoms with Gasteiger partial charge in [0.15, 0.2) is 0 Å². The molecule has 21 heavy (non-hydrogen) atoms. The van der Waals surface area contributed by atoms with Crippen LogP contribution in [0.5, 0.6) is 0 Å². The van der Waals surface area contributed by atoms with Gasteiger partial charge in [0.05, 0.1) is 5.69 Å². The molecule has 0 saturated heterocycles. The van der Waals surface area contributed by atoms with Crippen LogP contribution in [-0.2, 0) is 0 Å². The number of nitrogen functional groups attached to an aromatic ring is 1. The fraction of sp³-hybridized carbons (Fsp3) is 0.333. The summed E-state index contributed by atoms with van der Waals surface area (Å²) in [4.78, 5) is 12.3. The number of hydrogen-bond acceptors (Lipinski definition) is 4. The van der Waals surface area contributed by atoms with Gasteiger partial charge in [-0.15, -0.1) is 11.8 Å². The summed E-state index contributed by atoms with van der Waals surface area (Å²) in [7, 11) is 0. The molecule has 0 fully saturated rings. The van der Waals surface area contributed by atoms with E-state index in [1.54, 1.807) is 4.68 Å². The van der Waals surface area contributed by atoms with E-state index in [0.29, 0.717) is 23.0 Å². The number of amides is 1. The van der Waals surface area contributed by atoms with Gasteiger partial charge in [-0.25, -0.2) is 4.68 Å². The molecule has 5 nitrogen and oxygen atoms in total. The van der Waals surface area contributed by atoms with Crippen LogP contribution in [-0.4, -0.2) is 28.5 Å². The molecule has 0 radical (unpaired) electrons. The van der Waals surface area contributed by atoms with Crippen LogP contribution in [0.3, 0.4) is 0 Å². The van der Waals surface area contributed by atoms with E-state index < -0.39 is 0 Å². The van der Waals surface area contributed by atoms with Gasteiger partial charge in [-0.05, 0) is 24.8 Å². The van der Waals surface area contributed by atoms with Gasteiger partial charge in [-0.2, -0.15) is 5.10 Å². The summed E-state index contributed by atoms with van der Waals surface area (Å²) in [6.45, 7) is 2.74. The molecule has 1 amide bonds. The van der Waals surface area contributed by atoms with Gasteiger partial charge in [-0.3, -0.25) is 4.79 Å². The number of nitrogens with one attached hydrogen (secondary N) is 1. The molecule has 0 atom stereocenters. The molecule has 0 aliphatic heterocycles. The topological polar surface area (TPSA) is 72.9 Å². The quantitative estimate of drug-likeness (QED) is 0.636. The van der Waals surface area contributed by atoms with E-state index >= 15 is 0 Å². The Kier molecular flexibility index (Phi) is 5.27. The van der Waals surface area contributed by atoms with Crippen molar-refractivity contribution in [2.45, 2.75) is 24.8 Å². The van der Waals surface area contributed by atoms with Crippen molar-refractivity contribution in [3.63, 3.8) is 0 Å². The largest absolute Gasteiger partial charge is 0.383 e. The predicted octanol–water partition coefficient (Wildman–Crippen LogP) is 2.71. The van der Waals surface area contributed by atoms with E-state index in [1.807, 2.05) is 36.6 Å². The average molecular weight is 304 g/mol. The molecule has 3 N–H and O–H groups in total. The molecule has 0 saturated carbocycles. The number of nitrogens with zero attached hydrogens (tertiary/aromatic N) is 2. The van der Waals surface area contributed by atoms with E-state index in [2.05, 4.69) is 17.3 Å². The van der Waals surface area contributed by atoms with Gasteiger partial charge in [0.1, 0.15) is 16.4 Å². The molecule has 112 valence electrons. The smallest absolute Gasteiger partial charge is 0.257 e. The second kappa shape index (κ2) is 7.17. The van der Waals surface area contributed by atoms with E-state index in [-0.39, 0.29) is 5.91 Å². The first-order chi connectivity index (χ1) is 10.2. The van der Waals surface area contributed by atoms with Crippen molar-refractivity contribution in [1.29, 1.82) is 0 Å². The number of rotatable bonds is 6. The summed E-state index contributed by atoms with van der Waals surface area (Å²) in [6, 6.07) is 9.57. The normalized spacial score (nSPS) is 10.6. The van der Waals surface area contributed by atoms with Gasteiger partial charge in [0.2, 0.25) is 0 Å². The highest BCUT2D eigenvalue weighted by Gasteiger charge is 2.22. The minimum Gasteiger partial charge on any atom is -0.383 e. The highest BCUT2D eigenvalue weighted by Crippen LogP contribution is 2.27. The summed E-state index contributed by atoms with van der Waals surface area (Å²) >= 11 is 1.42. The number of carbonyl (C=O) groups is 1. The average Bonchev–Trinajstić information content (AvgIpc) is 2.85. The van der Waals surface area contributed by atoms with Crippen molar-refractivity contribution >= 4 is 23.5 Å². The van der Waals surface area contributed by atoms with Crippen molar-refractivity contribution < 1.29 is 4.79 Å². The number of benzene rings is 1. The number of thioether (sulfide) groups is 1. The molecule has 0 spiro atoms. The third-order valence-corrected chi connectivity index (χ3v) is 3.80. The maximum atomic E-state index is 12.3. The van der Waals surface area contributed by atoms with Crippen molar-refractivity contribution in [2.75, 3.05) is 18.5 Å². The Morgan fingerprint density at radius 1 is 1.38 bits per heavy atom. The zero-order valence-electron chi connectivity index (χ0n) is 12.3. The minimum atomic E-state index is -0.160. The standard InChI is InChI=1S/C15H20N4OS/c1-3-4-10-17-14(20)12-13(16)19(18-15(12)21-2)11-8-6-5-7-9-11/h5-9H,3-4,10,16H2,1-2H3,(H,17,20). The number of nitrogens with two attached hydrogens (primary N) is 1.